The van der Waals surface area contributed by atoms with Gasteiger partial charge in [-0.15, -0.1) is 0 Å². The van der Waals surface area contributed by atoms with Crippen molar-refractivity contribution in [2.75, 3.05) is 0 Å². The summed E-state index contributed by atoms with van der Waals surface area (Å²) in [6, 6.07) is 5.14. The molecule has 7 heteroatoms. The molecule has 1 aromatic carbocycles. The number of ketones is 1. The van der Waals surface area contributed by atoms with Crippen LogP contribution in [0.3, 0.4) is 0 Å². The second-order valence-electron chi connectivity index (χ2n) is 8.73. The highest BCUT2D eigenvalue weighted by atomic mass is 35.5. The Labute approximate surface area is 179 Å². The zero-order valence-electron chi connectivity index (χ0n) is 16.7. The van der Waals surface area contributed by atoms with E-state index in [0.29, 0.717) is 51.4 Å². The summed E-state index contributed by atoms with van der Waals surface area (Å²) in [5.74, 6) is 1.01. The van der Waals surface area contributed by atoms with Gasteiger partial charge in [0.25, 0.3) is 0 Å². The Kier molecular flexibility index (Phi) is 5.51. The van der Waals surface area contributed by atoms with Crippen molar-refractivity contribution in [3.8, 4) is 11.3 Å². The lowest BCUT2D eigenvalue weighted by Crippen LogP contribution is -2.32. The van der Waals surface area contributed by atoms with E-state index in [9.17, 15) is 9.18 Å². The van der Waals surface area contributed by atoms with Crippen molar-refractivity contribution in [2.24, 2.45) is 17.8 Å². The van der Waals surface area contributed by atoms with Gasteiger partial charge in [-0.3, -0.25) is 4.79 Å². The van der Waals surface area contributed by atoms with Crippen molar-refractivity contribution in [3.63, 3.8) is 0 Å². The van der Waals surface area contributed by atoms with Gasteiger partial charge in [0.05, 0.1) is 28.3 Å². The molecule has 1 aromatic heterocycles. The SMILES string of the molecule is CC1C[C@@H]2C[C@@H](OCc3c(-c4c(Cl)cccc4Cl)noc3C(C)(C)F)CC1C2=O. The molecule has 4 nitrogen and oxygen atoms in total. The van der Waals surface area contributed by atoms with Gasteiger partial charge in [0, 0.05) is 17.4 Å². The fraction of sp³-hybridized carbons (Fsp3) is 0.545. The topological polar surface area (TPSA) is 52.3 Å². The van der Waals surface area contributed by atoms with E-state index in [1.54, 1.807) is 18.2 Å². The Morgan fingerprint density at radius 1 is 1.24 bits per heavy atom. The van der Waals surface area contributed by atoms with Crippen LogP contribution in [0.25, 0.3) is 11.3 Å². The van der Waals surface area contributed by atoms with E-state index < -0.39 is 5.67 Å². The molecule has 0 amide bonds. The molecule has 2 aliphatic rings. The van der Waals surface area contributed by atoms with Crippen LogP contribution in [0.4, 0.5) is 4.39 Å². The molecule has 0 N–H and O–H groups in total. The van der Waals surface area contributed by atoms with E-state index in [2.05, 4.69) is 12.1 Å². The lowest BCUT2D eigenvalue weighted by atomic mass is 9.84. The Bertz CT molecular complexity index is 916. The van der Waals surface area contributed by atoms with Crippen LogP contribution in [0.2, 0.25) is 10.0 Å². The first kappa shape index (κ1) is 20.8. The van der Waals surface area contributed by atoms with Gasteiger partial charge in [-0.2, -0.15) is 0 Å². The smallest absolute Gasteiger partial charge is 0.179 e. The quantitative estimate of drug-likeness (QED) is 0.542. The Morgan fingerprint density at radius 3 is 2.55 bits per heavy atom. The Morgan fingerprint density at radius 2 is 1.93 bits per heavy atom. The molecule has 2 unspecified atom stereocenters. The van der Waals surface area contributed by atoms with Crippen molar-refractivity contribution in [2.45, 2.75) is 58.4 Å². The zero-order chi connectivity index (χ0) is 20.9. The van der Waals surface area contributed by atoms with Gasteiger partial charge >= 0.3 is 0 Å². The molecule has 4 atom stereocenters. The first-order chi connectivity index (χ1) is 13.7. The molecule has 2 aliphatic carbocycles. The number of nitrogens with zero attached hydrogens (tertiary/aromatic N) is 1. The van der Waals surface area contributed by atoms with Crippen molar-refractivity contribution in [3.05, 3.63) is 39.6 Å². The van der Waals surface area contributed by atoms with Crippen LogP contribution in [0, 0.1) is 17.8 Å². The summed E-state index contributed by atoms with van der Waals surface area (Å²) in [5, 5.41) is 4.90. The Balaban J connectivity index is 1.63. The first-order valence-electron chi connectivity index (χ1n) is 9.94. The summed E-state index contributed by atoms with van der Waals surface area (Å²) in [7, 11) is 0. The van der Waals surface area contributed by atoms with Crippen molar-refractivity contribution in [1.29, 1.82) is 0 Å². The third kappa shape index (κ3) is 3.85. The number of hydrogen-bond donors (Lipinski definition) is 0. The molecule has 2 bridgehead atoms. The van der Waals surface area contributed by atoms with Crippen molar-refractivity contribution in [1.82, 2.24) is 5.16 Å². The standard InChI is InChI=1S/C22H24Cl2FNO3/c1-11-7-12-8-13(9-14(11)20(12)27)28-10-15-19(26-29-21(15)22(2,3)25)18-16(23)5-4-6-17(18)24/h4-6,11-14H,7-10H2,1-3H3/t11?,12-,13-,14?/m1/s1. The van der Waals surface area contributed by atoms with E-state index in [-0.39, 0.29) is 30.3 Å². The van der Waals surface area contributed by atoms with Crippen molar-refractivity contribution >= 4 is 29.0 Å². The average Bonchev–Trinajstić information content (AvgIpc) is 3.10. The van der Waals surface area contributed by atoms with Gasteiger partial charge in [-0.1, -0.05) is 41.3 Å². The molecular formula is C22H24Cl2FNO3. The van der Waals surface area contributed by atoms with Gasteiger partial charge in [-0.25, -0.2) is 4.39 Å². The molecule has 4 rings (SSSR count). The number of alkyl halides is 1. The number of benzene rings is 1. The molecule has 2 saturated carbocycles. The summed E-state index contributed by atoms with van der Waals surface area (Å²) >= 11 is 12.7. The van der Waals surface area contributed by atoms with E-state index in [1.807, 2.05) is 0 Å². The second-order valence-corrected chi connectivity index (χ2v) is 9.55. The van der Waals surface area contributed by atoms with Gasteiger partial charge in [-0.05, 0) is 51.2 Å². The van der Waals surface area contributed by atoms with Crippen LogP contribution in [0.1, 0.15) is 51.4 Å². The minimum atomic E-state index is -1.74. The maximum absolute atomic E-state index is 14.8. The van der Waals surface area contributed by atoms with E-state index >= 15 is 0 Å². The molecule has 0 radical (unpaired) electrons. The van der Waals surface area contributed by atoms with Gasteiger partial charge < -0.3 is 9.26 Å². The number of aromatic nitrogens is 1. The number of rotatable bonds is 5. The largest absolute Gasteiger partial charge is 0.373 e. The molecule has 0 saturated heterocycles. The summed E-state index contributed by atoms with van der Waals surface area (Å²) in [4.78, 5) is 12.3. The number of halogens is 3. The van der Waals surface area contributed by atoms with Crippen LogP contribution < -0.4 is 0 Å². The predicted octanol–water partition coefficient (Wildman–Crippen LogP) is 6.37. The molecule has 2 fully saturated rings. The normalized spacial score (nSPS) is 26.9. The lowest BCUT2D eigenvalue weighted by molar-refractivity contribution is -0.130. The third-order valence-corrected chi connectivity index (χ3v) is 6.80. The highest BCUT2D eigenvalue weighted by Gasteiger charge is 2.46. The summed E-state index contributed by atoms with van der Waals surface area (Å²) in [5.41, 5.74) is -0.344. The summed E-state index contributed by atoms with van der Waals surface area (Å²) in [6.45, 7) is 5.08. The molecule has 2 aromatic rings. The molecule has 0 aliphatic heterocycles. The highest BCUT2D eigenvalue weighted by Crippen LogP contribution is 2.45. The van der Waals surface area contributed by atoms with E-state index in [4.69, 9.17) is 32.5 Å². The molecular weight excluding hydrogens is 416 g/mol. The maximum Gasteiger partial charge on any atom is 0.179 e. The maximum atomic E-state index is 14.8. The summed E-state index contributed by atoms with van der Waals surface area (Å²) < 4.78 is 26.4. The minimum absolute atomic E-state index is 0.0484. The molecule has 156 valence electrons. The second kappa shape index (κ2) is 7.68. The van der Waals surface area contributed by atoms with Crippen LogP contribution in [-0.2, 0) is 21.8 Å². The van der Waals surface area contributed by atoms with Crippen LogP contribution in [0.5, 0.6) is 0 Å². The fourth-order valence-electron chi connectivity index (χ4n) is 4.74. The van der Waals surface area contributed by atoms with Crippen LogP contribution in [-0.4, -0.2) is 17.0 Å². The van der Waals surface area contributed by atoms with Gasteiger partial charge in [0.1, 0.15) is 11.5 Å². The highest BCUT2D eigenvalue weighted by molar-refractivity contribution is 6.39. The fourth-order valence-corrected chi connectivity index (χ4v) is 5.31. The number of hydrogen-bond acceptors (Lipinski definition) is 4. The average molecular weight is 440 g/mol. The predicted molar refractivity (Wildman–Crippen MR) is 110 cm³/mol. The van der Waals surface area contributed by atoms with E-state index in [1.165, 1.54) is 13.8 Å². The van der Waals surface area contributed by atoms with Gasteiger partial charge in [0.15, 0.2) is 11.4 Å². The monoisotopic (exact) mass is 439 g/mol. The molecule has 0 spiro atoms. The first-order valence-corrected chi connectivity index (χ1v) is 10.7. The third-order valence-electron chi connectivity index (χ3n) is 6.17. The number of carbonyl (C=O) groups excluding carboxylic acids is 1. The number of fused-ring (bicyclic) bond motifs is 2. The summed E-state index contributed by atoms with van der Waals surface area (Å²) in [6.07, 6.45) is 2.30. The number of ether oxygens (including phenoxy) is 1. The van der Waals surface area contributed by atoms with Crippen molar-refractivity contribution < 1.29 is 18.4 Å². The number of Topliss-reactive ketones (excluding diaryl/α,β-unsaturated/α-hetero) is 1. The lowest BCUT2D eigenvalue weighted by Gasteiger charge is -2.27. The minimum Gasteiger partial charge on any atom is -0.373 e. The van der Waals surface area contributed by atoms with E-state index in [0.717, 1.165) is 6.42 Å². The number of carbonyl (C=O) groups is 1. The zero-order valence-corrected chi connectivity index (χ0v) is 18.2. The Hall–Kier alpha value is -1.43. The van der Waals surface area contributed by atoms with Crippen LogP contribution >= 0.6 is 23.2 Å². The molecule has 29 heavy (non-hydrogen) atoms. The van der Waals surface area contributed by atoms with Crippen LogP contribution in [0.15, 0.2) is 22.7 Å². The van der Waals surface area contributed by atoms with Gasteiger partial charge in [0.2, 0.25) is 0 Å². The molecule has 1 heterocycles.